The van der Waals surface area contributed by atoms with Gasteiger partial charge in [-0.1, -0.05) is 194 Å². The van der Waals surface area contributed by atoms with Gasteiger partial charge in [0.1, 0.15) is 0 Å². The molecule has 0 fully saturated rings. The van der Waals surface area contributed by atoms with E-state index in [0.29, 0.717) is 5.82 Å². The number of hydrogen-bond acceptors (Lipinski definition) is 3. The Hall–Kier alpha value is -8.44. The van der Waals surface area contributed by atoms with Crippen molar-refractivity contribution in [2.24, 2.45) is 0 Å². The third-order valence-corrected chi connectivity index (χ3v) is 14.2. The van der Waals surface area contributed by atoms with Crippen LogP contribution in [0.25, 0.3) is 126 Å². The largest absolute Gasteiger partial charge is 0.309 e. The fourth-order valence-corrected chi connectivity index (χ4v) is 11.1. The van der Waals surface area contributed by atoms with Gasteiger partial charge >= 0.3 is 0 Å². The summed E-state index contributed by atoms with van der Waals surface area (Å²) in [6.07, 6.45) is 0. The number of thiophene rings is 1. The smallest absolute Gasteiger partial charge is 0.162 e. The SMILES string of the molecule is c1ccc(-c2c3ccccc3c(-c3ccc(-c4cc(-c5ccc(-c6cc7ccccc7s6)cc5)nc(-c5ccccc5-n5c6ccccc6c6ccccc65)n4)cc3)c3ccccc23)cc1. The lowest BCUT2D eigenvalue weighted by Gasteiger charge is -2.18. The van der Waals surface area contributed by atoms with Crippen molar-refractivity contribution in [2.45, 2.75) is 0 Å². The van der Waals surface area contributed by atoms with Crippen LogP contribution < -0.4 is 0 Å². The summed E-state index contributed by atoms with van der Waals surface area (Å²) in [6.45, 7) is 0. The van der Waals surface area contributed by atoms with Crippen LogP contribution in [0, 0.1) is 0 Å². The number of para-hydroxylation sites is 3. The number of rotatable bonds is 7. The van der Waals surface area contributed by atoms with Gasteiger partial charge in [-0.15, -0.1) is 11.3 Å². The molecule has 4 heteroatoms. The van der Waals surface area contributed by atoms with E-state index in [4.69, 9.17) is 9.97 Å². The lowest BCUT2D eigenvalue weighted by molar-refractivity contribution is 1.14. The average molecular weight is 858 g/mol. The van der Waals surface area contributed by atoms with E-state index < -0.39 is 0 Å². The van der Waals surface area contributed by atoms with Crippen LogP contribution in [-0.4, -0.2) is 14.5 Å². The predicted octanol–water partition coefficient (Wildman–Crippen LogP) is 17.1. The maximum atomic E-state index is 5.44. The third-order valence-electron chi connectivity index (χ3n) is 13.0. The molecule has 0 amide bonds. The summed E-state index contributed by atoms with van der Waals surface area (Å²) in [4.78, 5) is 12.1. The van der Waals surface area contributed by atoms with Gasteiger partial charge in [-0.25, -0.2) is 9.97 Å². The normalized spacial score (nSPS) is 11.6. The van der Waals surface area contributed by atoms with Gasteiger partial charge in [0, 0.05) is 37.0 Å². The summed E-state index contributed by atoms with van der Waals surface area (Å²) in [7, 11) is 0. The van der Waals surface area contributed by atoms with Crippen LogP contribution in [0.1, 0.15) is 0 Å². The monoisotopic (exact) mass is 857 g/mol. The maximum Gasteiger partial charge on any atom is 0.162 e. The van der Waals surface area contributed by atoms with Crippen LogP contribution >= 0.6 is 11.3 Å². The second-order valence-corrected chi connectivity index (χ2v) is 17.9. The van der Waals surface area contributed by atoms with E-state index in [1.807, 2.05) is 11.3 Å². The van der Waals surface area contributed by atoms with Crippen molar-refractivity contribution in [1.82, 2.24) is 14.5 Å². The summed E-state index contributed by atoms with van der Waals surface area (Å²) in [5, 5.41) is 8.65. The number of fused-ring (bicyclic) bond motifs is 6. The number of aromatic nitrogens is 3. The zero-order chi connectivity index (χ0) is 43.6. The van der Waals surface area contributed by atoms with Crippen LogP contribution in [0.3, 0.4) is 0 Å². The lowest BCUT2D eigenvalue weighted by Crippen LogP contribution is -2.01. The molecule has 0 aliphatic heterocycles. The van der Waals surface area contributed by atoms with Crippen LogP contribution in [0.5, 0.6) is 0 Å². The Labute approximate surface area is 386 Å². The van der Waals surface area contributed by atoms with E-state index in [-0.39, 0.29) is 0 Å². The molecule has 0 saturated heterocycles. The van der Waals surface area contributed by atoms with Gasteiger partial charge in [-0.3, -0.25) is 0 Å². The maximum absolute atomic E-state index is 5.44. The van der Waals surface area contributed by atoms with Crippen molar-refractivity contribution in [2.75, 3.05) is 0 Å². The molecule has 308 valence electrons. The minimum absolute atomic E-state index is 0.672. The Balaban J connectivity index is 0.976. The van der Waals surface area contributed by atoms with Gasteiger partial charge < -0.3 is 4.57 Å². The van der Waals surface area contributed by atoms with Crippen molar-refractivity contribution in [3.8, 4) is 72.3 Å². The number of nitrogens with zero attached hydrogens (tertiary/aromatic N) is 3. The minimum atomic E-state index is 0.672. The van der Waals surface area contributed by atoms with Crippen molar-refractivity contribution < 1.29 is 0 Å². The molecule has 0 radical (unpaired) electrons. The highest BCUT2D eigenvalue weighted by Gasteiger charge is 2.20. The Bertz CT molecular complexity index is 3830. The zero-order valence-corrected chi connectivity index (χ0v) is 36.6. The highest BCUT2D eigenvalue weighted by atomic mass is 32.1. The molecule has 0 aliphatic rings. The second-order valence-electron chi connectivity index (χ2n) is 16.9. The molecule has 0 bridgehead atoms. The van der Waals surface area contributed by atoms with Crippen LogP contribution in [0.15, 0.2) is 237 Å². The highest BCUT2D eigenvalue weighted by molar-refractivity contribution is 7.22. The summed E-state index contributed by atoms with van der Waals surface area (Å²) in [5.41, 5.74) is 14.1. The zero-order valence-electron chi connectivity index (χ0n) is 35.8. The van der Waals surface area contributed by atoms with E-state index in [2.05, 4.69) is 241 Å². The summed E-state index contributed by atoms with van der Waals surface area (Å²) < 4.78 is 3.65. The molecule has 13 rings (SSSR count). The van der Waals surface area contributed by atoms with Gasteiger partial charge in [0.2, 0.25) is 0 Å². The molecular weight excluding hydrogens is 819 g/mol. The number of hydrogen-bond donors (Lipinski definition) is 0. The molecule has 0 aliphatic carbocycles. The van der Waals surface area contributed by atoms with E-state index in [9.17, 15) is 0 Å². The first-order valence-electron chi connectivity index (χ1n) is 22.4. The molecule has 0 N–H and O–H groups in total. The molecule has 0 spiro atoms. The molecule has 13 aromatic rings. The van der Waals surface area contributed by atoms with Gasteiger partial charge in [0.05, 0.1) is 28.1 Å². The van der Waals surface area contributed by atoms with Crippen LogP contribution in [-0.2, 0) is 0 Å². The van der Waals surface area contributed by atoms with Gasteiger partial charge in [0.15, 0.2) is 5.82 Å². The Morgan fingerprint density at radius 1 is 0.333 bits per heavy atom. The predicted molar refractivity (Wildman–Crippen MR) is 279 cm³/mol. The molecule has 3 nitrogen and oxygen atoms in total. The van der Waals surface area contributed by atoms with E-state index in [0.717, 1.165) is 50.4 Å². The standard InChI is InChI=1S/C62H39N3S/c1-2-16-43(17-3-1)60-48-21-5-7-23-50(48)61(51-24-8-6-22-49(51)60)44-36-32-41(33-37-44)54-39-53(40-30-34-42(35-31-40)59-38-45-18-4-15-29-58(45)66-59)63-62(64-54)52-25-11-14-28-57(52)65-55-26-12-9-19-46(55)47-20-10-13-27-56(47)65/h1-39H. The first kappa shape index (κ1) is 38.1. The lowest BCUT2D eigenvalue weighted by atomic mass is 9.86. The Morgan fingerprint density at radius 2 is 0.773 bits per heavy atom. The fourth-order valence-electron chi connectivity index (χ4n) is 10.00. The fraction of sp³-hybridized carbons (Fsp3) is 0. The average Bonchev–Trinajstić information content (AvgIpc) is 3.98. The minimum Gasteiger partial charge on any atom is -0.309 e. The van der Waals surface area contributed by atoms with Gasteiger partial charge in [-0.2, -0.15) is 0 Å². The van der Waals surface area contributed by atoms with E-state index in [1.54, 1.807) is 0 Å². The third kappa shape index (κ3) is 6.34. The molecule has 3 aromatic heterocycles. The summed E-state index contributed by atoms with van der Waals surface area (Å²) >= 11 is 1.83. The van der Waals surface area contributed by atoms with Crippen LogP contribution in [0.4, 0.5) is 0 Å². The molecule has 10 aromatic carbocycles. The summed E-state index contributed by atoms with van der Waals surface area (Å²) in [5.74, 6) is 0.672. The topological polar surface area (TPSA) is 30.7 Å². The highest BCUT2D eigenvalue weighted by Crippen LogP contribution is 2.44. The first-order valence-corrected chi connectivity index (χ1v) is 23.2. The molecule has 0 atom stereocenters. The Kier molecular flexibility index (Phi) is 9.03. The Morgan fingerprint density at radius 3 is 1.35 bits per heavy atom. The van der Waals surface area contributed by atoms with Crippen molar-refractivity contribution >= 4 is 64.8 Å². The van der Waals surface area contributed by atoms with Gasteiger partial charge in [0.25, 0.3) is 0 Å². The quantitative estimate of drug-likeness (QED) is 0.150. The van der Waals surface area contributed by atoms with E-state index in [1.165, 1.54) is 69.5 Å². The molecule has 3 heterocycles. The number of benzene rings is 10. The van der Waals surface area contributed by atoms with Crippen LogP contribution in [0.2, 0.25) is 0 Å². The molecule has 0 unspecified atom stereocenters. The second kappa shape index (κ2) is 15.7. The molecule has 0 saturated carbocycles. The van der Waals surface area contributed by atoms with Crippen molar-refractivity contribution in [3.63, 3.8) is 0 Å². The molecular formula is C62H39N3S. The first-order chi connectivity index (χ1) is 32.7. The summed E-state index contributed by atoms with van der Waals surface area (Å²) in [6, 6.07) is 85.1. The van der Waals surface area contributed by atoms with Gasteiger partial charge in [-0.05, 0) is 97.2 Å². The van der Waals surface area contributed by atoms with Crippen molar-refractivity contribution in [3.05, 3.63) is 237 Å². The van der Waals surface area contributed by atoms with Crippen molar-refractivity contribution in [1.29, 1.82) is 0 Å². The molecule has 66 heavy (non-hydrogen) atoms. The van der Waals surface area contributed by atoms with E-state index >= 15 is 0 Å².